The highest BCUT2D eigenvalue weighted by molar-refractivity contribution is 5.67. The molecule has 2 aromatic carbocycles. The Bertz CT molecular complexity index is 589. The van der Waals surface area contributed by atoms with E-state index in [0.717, 1.165) is 38.0 Å². The fraction of sp³-hybridized carbons (Fsp3) is 0.333. The maximum atomic E-state index is 13.4. The zero-order chi connectivity index (χ0) is 14.7. The summed E-state index contributed by atoms with van der Waals surface area (Å²) >= 11 is 0. The molecule has 3 heteroatoms. The number of benzene rings is 2. The van der Waals surface area contributed by atoms with Gasteiger partial charge in [-0.2, -0.15) is 0 Å². The van der Waals surface area contributed by atoms with Gasteiger partial charge >= 0.3 is 0 Å². The van der Waals surface area contributed by atoms with Crippen LogP contribution in [0.5, 0.6) is 0 Å². The Hall–Kier alpha value is -2.03. The summed E-state index contributed by atoms with van der Waals surface area (Å²) in [6.07, 6.45) is 3.39. The number of nitrogen functional groups attached to an aromatic ring is 1. The number of rotatable bonds is 3. The van der Waals surface area contributed by atoms with Crippen molar-refractivity contribution in [3.63, 3.8) is 0 Å². The van der Waals surface area contributed by atoms with Gasteiger partial charge in [-0.3, -0.25) is 0 Å². The molecule has 1 saturated heterocycles. The zero-order valence-corrected chi connectivity index (χ0v) is 12.1. The van der Waals surface area contributed by atoms with Crippen LogP contribution in [0, 0.1) is 11.7 Å². The summed E-state index contributed by atoms with van der Waals surface area (Å²) in [6.45, 7) is 1.90. The highest BCUT2D eigenvalue weighted by Gasteiger charge is 2.21. The molecule has 0 amide bonds. The van der Waals surface area contributed by atoms with Crippen LogP contribution in [0.1, 0.15) is 18.4 Å². The lowest BCUT2D eigenvalue weighted by Gasteiger charge is -2.34. The number of nitrogens with zero attached hydrogens (tertiary/aromatic N) is 1. The molecule has 110 valence electrons. The first kappa shape index (κ1) is 13.9. The Balaban J connectivity index is 1.61. The van der Waals surface area contributed by atoms with Crippen LogP contribution in [0.3, 0.4) is 0 Å². The second-order valence-electron chi connectivity index (χ2n) is 5.82. The molecule has 1 aliphatic rings. The standard InChI is InChI=1S/C18H21FN2/c19-16-6-7-17(20)18(13-16)21-10-8-15(9-11-21)12-14-4-2-1-3-5-14/h1-7,13,15H,8-12,20H2. The predicted octanol–water partition coefficient (Wildman–Crippen LogP) is 3.87. The summed E-state index contributed by atoms with van der Waals surface area (Å²) in [5.41, 5.74) is 8.88. The SMILES string of the molecule is Nc1ccc(F)cc1N1CCC(Cc2ccccc2)CC1. The second kappa shape index (κ2) is 6.17. The monoisotopic (exact) mass is 284 g/mol. The number of halogens is 1. The molecule has 0 saturated carbocycles. The minimum atomic E-state index is -0.217. The summed E-state index contributed by atoms with van der Waals surface area (Å²) in [5, 5.41) is 0. The Morgan fingerprint density at radius 3 is 2.48 bits per heavy atom. The lowest BCUT2D eigenvalue weighted by Crippen LogP contribution is -2.34. The Labute approximate surface area is 125 Å². The summed E-state index contributed by atoms with van der Waals surface area (Å²) in [4.78, 5) is 2.21. The molecule has 0 aliphatic carbocycles. The second-order valence-corrected chi connectivity index (χ2v) is 5.82. The molecule has 0 spiro atoms. The molecule has 1 aliphatic heterocycles. The molecule has 21 heavy (non-hydrogen) atoms. The summed E-state index contributed by atoms with van der Waals surface area (Å²) in [5.74, 6) is 0.490. The fourth-order valence-corrected chi connectivity index (χ4v) is 3.12. The van der Waals surface area contributed by atoms with E-state index in [9.17, 15) is 4.39 Å². The van der Waals surface area contributed by atoms with E-state index in [1.165, 1.54) is 11.6 Å². The van der Waals surface area contributed by atoms with Crippen LogP contribution in [0.2, 0.25) is 0 Å². The van der Waals surface area contributed by atoms with Crippen molar-refractivity contribution < 1.29 is 4.39 Å². The molecule has 2 nitrogen and oxygen atoms in total. The average Bonchev–Trinajstić information content (AvgIpc) is 2.52. The minimum absolute atomic E-state index is 0.217. The van der Waals surface area contributed by atoms with Crippen LogP contribution in [-0.4, -0.2) is 13.1 Å². The Kier molecular flexibility index (Phi) is 4.09. The lowest BCUT2D eigenvalue weighted by molar-refractivity contribution is 0.403. The van der Waals surface area contributed by atoms with Crippen molar-refractivity contribution in [2.24, 2.45) is 5.92 Å². The third kappa shape index (κ3) is 3.35. The van der Waals surface area contributed by atoms with Crippen LogP contribution >= 0.6 is 0 Å². The van der Waals surface area contributed by atoms with E-state index in [1.807, 2.05) is 0 Å². The largest absolute Gasteiger partial charge is 0.397 e. The topological polar surface area (TPSA) is 29.3 Å². The third-order valence-corrected chi connectivity index (χ3v) is 4.31. The molecular weight excluding hydrogens is 263 g/mol. The van der Waals surface area contributed by atoms with Gasteiger partial charge in [0.05, 0.1) is 11.4 Å². The number of anilines is 2. The van der Waals surface area contributed by atoms with E-state index in [1.54, 1.807) is 12.1 Å². The molecule has 0 atom stereocenters. The fourth-order valence-electron chi connectivity index (χ4n) is 3.12. The van der Waals surface area contributed by atoms with Gasteiger partial charge in [-0.05, 0) is 48.9 Å². The predicted molar refractivity (Wildman–Crippen MR) is 85.9 cm³/mol. The van der Waals surface area contributed by atoms with E-state index in [2.05, 4.69) is 35.2 Å². The van der Waals surface area contributed by atoms with Crippen molar-refractivity contribution in [1.29, 1.82) is 0 Å². The van der Waals surface area contributed by atoms with Gasteiger partial charge < -0.3 is 10.6 Å². The first-order chi connectivity index (χ1) is 10.2. The van der Waals surface area contributed by atoms with Crippen molar-refractivity contribution in [1.82, 2.24) is 0 Å². The molecule has 3 rings (SSSR count). The van der Waals surface area contributed by atoms with E-state index < -0.39 is 0 Å². The van der Waals surface area contributed by atoms with Gasteiger partial charge in [0.25, 0.3) is 0 Å². The first-order valence-corrected chi connectivity index (χ1v) is 7.56. The lowest BCUT2D eigenvalue weighted by atomic mass is 9.90. The van der Waals surface area contributed by atoms with Crippen LogP contribution in [-0.2, 0) is 6.42 Å². The van der Waals surface area contributed by atoms with Crippen molar-refractivity contribution in [3.8, 4) is 0 Å². The van der Waals surface area contributed by atoms with Gasteiger partial charge in [0.2, 0.25) is 0 Å². The van der Waals surface area contributed by atoms with Crippen molar-refractivity contribution in [2.75, 3.05) is 23.7 Å². The smallest absolute Gasteiger partial charge is 0.125 e. The maximum absolute atomic E-state index is 13.4. The van der Waals surface area contributed by atoms with E-state index in [-0.39, 0.29) is 5.82 Å². The zero-order valence-electron chi connectivity index (χ0n) is 12.1. The maximum Gasteiger partial charge on any atom is 0.125 e. The number of hydrogen-bond acceptors (Lipinski definition) is 2. The van der Waals surface area contributed by atoms with Gasteiger partial charge in [-0.25, -0.2) is 4.39 Å². The van der Waals surface area contributed by atoms with Gasteiger partial charge in [0, 0.05) is 13.1 Å². The third-order valence-electron chi connectivity index (χ3n) is 4.31. The van der Waals surface area contributed by atoms with Gasteiger partial charge in [-0.1, -0.05) is 30.3 Å². The number of hydrogen-bond donors (Lipinski definition) is 1. The van der Waals surface area contributed by atoms with Crippen molar-refractivity contribution >= 4 is 11.4 Å². The highest BCUT2D eigenvalue weighted by atomic mass is 19.1. The molecule has 0 radical (unpaired) electrons. The van der Waals surface area contributed by atoms with Crippen molar-refractivity contribution in [2.45, 2.75) is 19.3 Å². The molecule has 2 aromatic rings. The summed E-state index contributed by atoms with van der Waals surface area (Å²) in [6, 6.07) is 15.2. The molecular formula is C18H21FN2. The molecule has 1 fully saturated rings. The molecule has 1 heterocycles. The number of piperidine rings is 1. The molecule has 0 bridgehead atoms. The average molecular weight is 284 g/mol. The molecule has 0 unspecified atom stereocenters. The first-order valence-electron chi connectivity index (χ1n) is 7.56. The normalized spacial score (nSPS) is 16.1. The highest BCUT2D eigenvalue weighted by Crippen LogP contribution is 2.29. The van der Waals surface area contributed by atoms with Gasteiger partial charge in [0.15, 0.2) is 0 Å². The van der Waals surface area contributed by atoms with E-state index in [0.29, 0.717) is 11.6 Å². The van der Waals surface area contributed by atoms with Gasteiger partial charge in [-0.15, -0.1) is 0 Å². The summed E-state index contributed by atoms with van der Waals surface area (Å²) < 4.78 is 13.4. The van der Waals surface area contributed by atoms with Crippen LogP contribution < -0.4 is 10.6 Å². The number of nitrogens with two attached hydrogens (primary N) is 1. The van der Waals surface area contributed by atoms with E-state index in [4.69, 9.17) is 5.73 Å². The quantitative estimate of drug-likeness (QED) is 0.867. The van der Waals surface area contributed by atoms with Crippen molar-refractivity contribution in [3.05, 3.63) is 59.9 Å². The Morgan fingerprint density at radius 1 is 1.05 bits per heavy atom. The molecule has 2 N–H and O–H groups in total. The van der Waals surface area contributed by atoms with E-state index >= 15 is 0 Å². The molecule has 0 aromatic heterocycles. The van der Waals surface area contributed by atoms with Crippen LogP contribution in [0.25, 0.3) is 0 Å². The van der Waals surface area contributed by atoms with Crippen LogP contribution in [0.15, 0.2) is 48.5 Å². The minimum Gasteiger partial charge on any atom is -0.397 e. The van der Waals surface area contributed by atoms with Gasteiger partial charge in [0.1, 0.15) is 5.82 Å². The van der Waals surface area contributed by atoms with Crippen LogP contribution in [0.4, 0.5) is 15.8 Å². The summed E-state index contributed by atoms with van der Waals surface area (Å²) in [7, 11) is 0. The Morgan fingerprint density at radius 2 is 1.76 bits per heavy atom.